The third-order valence-electron chi connectivity index (χ3n) is 3.00. The van der Waals surface area contributed by atoms with Gasteiger partial charge in [0.1, 0.15) is 5.75 Å². The second kappa shape index (κ2) is 7.35. The summed E-state index contributed by atoms with van der Waals surface area (Å²) in [5.74, 6) is 0.598. The van der Waals surface area contributed by atoms with Crippen LogP contribution in [0.1, 0.15) is 30.6 Å². The Kier molecular flexibility index (Phi) is 5.24. The van der Waals surface area contributed by atoms with Crippen LogP contribution >= 0.6 is 0 Å². The number of nitrogens with zero attached hydrogens (tertiary/aromatic N) is 4. The van der Waals surface area contributed by atoms with E-state index in [0.29, 0.717) is 12.1 Å². The Morgan fingerprint density at radius 2 is 2.18 bits per heavy atom. The van der Waals surface area contributed by atoms with Crippen molar-refractivity contribution in [2.45, 2.75) is 32.9 Å². The molecular weight excluding hydrogens is 282 g/mol. The first kappa shape index (κ1) is 15.7. The first-order chi connectivity index (χ1) is 10.6. The zero-order valence-electron chi connectivity index (χ0n) is 12.7. The minimum Gasteiger partial charge on any atom is -0.491 e. The lowest BCUT2D eigenvalue weighted by Crippen LogP contribution is -2.14. The molecule has 7 heteroatoms. The Hall–Kier alpha value is -2.70. The molecule has 2 aromatic rings. The Balaban J connectivity index is 1.98. The van der Waals surface area contributed by atoms with Crippen molar-refractivity contribution in [1.82, 2.24) is 20.2 Å². The molecule has 0 bridgehead atoms. The van der Waals surface area contributed by atoms with Gasteiger partial charge >= 0.3 is 0 Å². The number of aromatic nitrogens is 4. The lowest BCUT2D eigenvalue weighted by Gasteiger charge is -2.12. The zero-order valence-corrected chi connectivity index (χ0v) is 12.7. The van der Waals surface area contributed by atoms with Crippen LogP contribution in [0, 0.1) is 0 Å². The molecule has 1 N–H and O–H groups in total. The molecule has 1 atom stereocenters. The van der Waals surface area contributed by atoms with Crippen molar-refractivity contribution in [3.8, 4) is 5.75 Å². The molecule has 2 rings (SSSR count). The second-order valence-electron chi connectivity index (χ2n) is 4.77. The molecule has 0 radical (unpaired) electrons. The van der Waals surface area contributed by atoms with Gasteiger partial charge in [-0.1, -0.05) is 18.1 Å². The Morgan fingerprint density at radius 3 is 2.82 bits per heavy atom. The summed E-state index contributed by atoms with van der Waals surface area (Å²) in [5, 5.41) is 14.1. The summed E-state index contributed by atoms with van der Waals surface area (Å²) in [5.41, 5.74) is 0.497. The third kappa shape index (κ3) is 4.15. The minimum absolute atomic E-state index is 0.142. The molecule has 22 heavy (non-hydrogen) atoms. The van der Waals surface area contributed by atoms with Gasteiger partial charge in [0.05, 0.1) is 12.6 Å². The van der Waals surface area contributed by atoms with E-state index >= 15 is 0 Å². The smallest absolute Gasteiger partial charge is 0.270 e. The highest BCUT2D eigenvalue weighted by atomic mass is 16.5. The number of allylic oxidation sites excluding steroid dienone is 1. The number of carbonyl (C=O) groups is 1. The van der Waals surface area contributed by atoms with E-state index in [1.54, 1.807) is 30.3 Å². The van der Waals surface area contributed by atoms with Crippen molar-refractivity contribution in [3.63, 3.8) is 0 Å². The molecule has 0 aliphatic heterocycles. The molecule has 0 aliphatic carbocycles. The van der Waals surface area contributed by atoms with E-state index < -0.39 is 0 Å². The lowest BCUT2D eigenvalue weighted by atomic mass is 10.2. The topological polar surface area (TPSA) is 81.9 Å². The highest BCUT2D eigenvalue weighted by molar-refractivity contribution is 6.03. The summed E-state index contributed by atoms with van der Waals surface area (Å²) in [7, 11) is 0. The van der Waals surface area contributed by atoms with E-state index in [-0.39, 0.29) is 18.0 Å². The number of carbonyl (C=O) groups excluding carboxylic acids is 1. The molecule has 0 aliphatic rings. The van der Waals surface area contributed by atoms with Gasteiger partial charge < -0.3 is 4.74 Å². The van der Waals surface area contributed by atoms with E-state index in [4.69, 9.17) is 4.74 Å². The average molecular weight is 301 g/mol. The Bertz CT molecular complexity index is 636. The van der Waals surface area contributed by atoms with Crippen molar-refractivity contribution in [2.75, 3.05) is 5.32 Å². The van der Waals surface area contributed by atoms with E-state index in [9.17, 15) is 4.79 Å². The fourth-order valence-corrected chi connectivity index (χ4v) is 1.66. The fraction of sp³-hybridized carbons (Fsp3) is 0.333. The predicted octanol–water partition coefficient (Wildman–Crippen LogP) is 2.29. The van der Waals surface area contributed by atoms with Gasteiger partial charge in [0, 0.05) is 5.56 Å². The van der Waals surface area contributed by atoms with Crippen molar-refractivity contribution in [3.05, 3.63) is 42.5 Å². The van der Waals surface area contributed by atoms with Gasteiger partial charge in [-0.25, -0.2) is 0 Å². The first-order valence-electron chi connectivity index (χ1n) is 7.09. The summed E-state index contributed by atoms with van der Waals surface area (Å²) in [4.78, 5) is 13.4. The van der Waals surface area contributed by atoms with E-state index in [2.05, 4.69) is 34.2 Å². The molecule has 0 unspecified atom stereocenters. The number of benzene rings is 1. The summed E-state index contributed by atoms with van der Waals surface area (Å²) >= 11 is 0. The number of ether oxygens (including phenoxy) is 1. The molecule has 1 aromatic carbocycles. The van der Waals surface area contributed by atoms with Crippen LogP contribution in [0.3, 0.4) is 0 Å². The fourth-order valence-electron chi connectivity index (χ4n) is 1.66. The quantitative estimate of drug-likeness (QED) is 0.793. The van der Waals surface area contributed by atoms with E-state index in [1.807, 2.05) is 6.92 Å². The number of hydrogen-bond donors (Lipinski definition) is 1. The standard InChI is InChI=1S/C15H19N5O2/c1-4-10-20-18-15(17-19-20)16-14(21)12-6-8-13(9-7-12)22-11(3)5-2/h4,6-9,11H,1,5,10H2,2-3H3,(H,16,18,21)/t11-/m0/s1. The summed E-state index contributed by atoms with van der Waals surface area (Å²) in [6.45, 7) is 8.07. The molecule has 1 amide bonds. The zero-order chi connectivity index (χ0) is 15.9. The largest absolute Gasteiger partial charge is 0.491 e. The highest BCUT2D eigenvalue weighted by Gasteiger charge is 2.10. The SMILES string of the molecule is C=CCn1nnc(NC(=O)c2ccc(O[C@@H](C)CC)cc2)n1. The second-order valence-corrected chi connectivity index (χ2v) is 4.77. The number of nitrogens with one attached hydrogen (secondary N) is 1. The molecule has 1 aromatic heterocycles. The van der Waals surface area contributed by atoms with Crippen molar-refractivity contribution >= 4 is 11.9 Å². The molecular formula is C15H19N5O2. The summed E-state index contributed by atoms with van der Waals surface area (Å²) < 4.78 is 5.67. The van der Waals surface area contributed by atoms with Gasteiger partial charge in [-0.05, 0) is 42.8 Å². The molecule has 1 heterocycles. The first-order valence-corrected chi connectivity index (χ1v) is 7.09. The average Bonchev–Trinajstić information content (AvgIpc) is 2.95. The minimum atomic E-state index is -0.298. The van der Waals surface area contributed by atoms with Crippen LogP contribution in [-0.4, -0.2) is 32.2 Å². The van der Waals surface area contributed by atoms with E-state index in [0.717, 1.165) is 12.2 Å². The summed E-state index contributed by atoms with van der Waals surface area (Å²) in [6, 6.07) is 6.93. The molecule has 0 fully saturated rings. The van der Waals surface area contributed by atoms with Crippen molar-refractivity contribution < 1.29 is 9.53 Å². The van der Waals surface area contributed by atoms with E-state index in [1.165, 1.54) is 4.80 Å². The number of anilines is 1. The lowest BCUT2D eigenvalue weighted by molar-refractivity contribution is 0.102. The number of tetrazole rings is 1. The van der Waals surface area contributed by atoms with Crippen LogP contribution in [-0.2, 0) is 6.54 Å². The maximum Gasteiger partial charge on any atom is 0.270 e. The van der Waals surface area contributed by atoms with Crippen molar-refractivity contribution in [1.29, 1.82) is 0 Å². The molecule has 0 spiro atoms. The Labute approximate surface area is 129 Å². The van der Waals surface area contributed by atoms with Crippen LogP contribution in [0.25, 0.3) is 0 Å². The van der Waals surface area contributed by atoms with Gasteiger partial charge in [-0.3, -0.25) is 10.1 Å². The maximum atomic E-state index is 12.1. The van der Waals surface area contributed by atoms with Gasteiger partial charge in [0.25, 0.3) is 11.9 Å². The number of hydrogen-bond acceptors (Lipinski definition) is 5. The van der Waals surface area contributed by atoms with Crippen LogP contribution in [0.5, 0.6) is 5.75 Å². The van der Waals surface area contributed by atoms with Crippen molar-refractivity contribution in [2.24, 2.45) is 0 Å². The maximum absolute atomic E-state index is 12.1. The number of amides is 1. The summed E-state index contributed by atoms with van der Waals surface area (Å²) in [6.07, 6.45) is 2.71. The van der Waals surface area contributed by atoms with Crippen LogP contribution in [0.2, 0.25) is 0 Å². The molecule has 0 saturated heterocycles. The Morgan fingerprint density at radius 1 is 1.45 bits per heavy atom. The molecule has 7 nitrogen and oxygen atoms in total. The van der Waals surface area contributed by atoms with Crippen LogP contribution in [0.15, 0.2) is 36.9 Å². The number of rotatable bonds is 7. The van der Waals surface area contributed by atoms with Gasteiger partial charge in [-0.15, -0.1) is 11.7 Å². The highest BCUT2D eigenvalue weighted by Crippen LogP contribution is 2.15. The van der Waals surface area contributed by atoms with Crippen LogP contribution < -0.4 is 10.1 Å². The molecule has 0 saturated carbocycles. The van der Waals surface area contributed by atoms with Gasteiger partial charge in [0.2, 0.25) is 0 Å². The van der Waals surface area contributed by atoms with Crippen LogP contribution in [0.4, 0.5) is 5.95 Å². The van der Waals surface area contributed by atoms with Gasteiger partial charge in [0.15, 0.2) is 0 Å². The molecule has 116 valence electrons. The monoisotopic (exact) mass is 301 g/mol. The normalized spacial score (nSPS) is 11.7. The van der Waals surface area contributed by atoms with Gasteiger partial charge in [-0.2, -0.15) is 4.80 Å². The third-order valence-corrected chi connectivity index (χ3v) is 3.00. The predicted molar refractivity (Wildman–Crippen MR) is 82.8 cm³/mol.